The molecule has 2 aliphatic rings. The summed E-state index contributed by atoms with van der Waals surface area (Å²) in [5.74, 6) is 1.41. The smallest absolute Gasteiger partial charge is 0.132 e. The van der Waals surface area contributed by atoms with Crippen LogP contribution >= 0.6 is 11.3 Å². The van der Waals surface area contributed by atoms with Gasteiger partial charge in [-0.2, -0.15) is 0 Å². The zero-order chi connectivity index (χ0) is 15.6. The van der Waals surface area contributed by atoms with E-state index >= 15 is 0 Å². The van der Waals surface area contributed by atoms with Gasteiger partial charge >= 0.3 is 0 Å². The maximum atomic E-state index is 10.3. The molecule has 23 heavy (non-hydrogen) atoms. The molecule has 4 rings (SSSR count). The number of hydrogen-bond acceptors (Lipinski definition) is 5. The number of aliphatic hydroxyl groups is 1. The fourth-order valence-corrected chi connectivity index (χ4v) is 4.78. The molecule has 1 saturated heterocycles. The average molecular weight is 332 g/mol. The summed E-state index contributed by atoms with van der Waals surface area (Å²) in [7, 11) is 0. The summed E-state index contributed by atoms with van der Waals surface area (Å²) < 4.78 is 5.33. The van der Waals surface area contributed by atoms with Gasteiger partial charge in [-0.25, -0.2) is 4.98 Å². The van der Waals surface area contributed by atoms with Crippen LogP contribution in [0.1, 0.15) is 66.2 Å². The zero-order valence-electron chi connectivity index (χ0n) is 13.4. The van der Waals surface area contributed by atoms with E-state index in [9.17, 15) is 5.11 Å². The lowest BCUT2D eigenvalue weighted by Crippen LogP contribution is -2.30. The highest BCUT2D eigenvalue weighted by molar-refractivity contribution is 7.11. The summed E-state index contributed by atoms with van der Waals surface area (Å²) in [6, 6.07) is 4.13. The Balaban J connectivity index is 1.36. The molecule has 2 unspecified atom stereocenters. The van der Waals surface area contributed by atoms with E-state index in [1.807, 2.05) is 23.5 Å². The molecule has 3 heterocycles. The van der Waals surface area contributed by atoms with Gasteiger partial charge < -0.3 is 9.52 Å². The predicted octanol–water partition coefficient (Wildman–Crippen LogP) is 4.09. The van der Waals surface area contributed by atoms with Gasteiger partial charge in [0.05, 0.1) is 11.3 Å². The first kappa shape index (κ1) is 15.4. The lowest BCUT2D eigenvalue weighted by atomic mass is 9.86. The van der Waals surface area contributed by atoms with Crippen LogP contribution in [0, 0.1) is 0 Å². The van der Waals surface area contributed by atoms with Crippen molar-refractivity contribution in [2.45, 2.75) is 63.1 Å². The first-order chi connectivity index (χ1) is 11.3. The van der Waals surface area contributed by atoms with Gasteiger partial charge in [0, 0.05) is 29.6 Å². The molecule has 2 aromatic heterocycles. The molecule has 0 aromatic carbocycles. The van der Waals surface area contributed by atoms with Gasteiger partial charge in [-0.1, -0.05) is 6.42 Å². The summed E-state index contributed by atoms with van der Waals surface area (Å²) in [5.41, 5.74) is 0. The number of nitrogens with zero attached hydrogens (tertiary/aromatic N) is 2. The Morgan fingerprint density at radius 1 is 1.35 bits per heavy atom. The van der Waals surface area contributed by atoms with E-state index in [1.165, 1.54) is 35.6 Å². The Bertz CT molecular complexity index is 621. The Morgan fingerprint density at radius 3 is 3.00 bits per heavy atom. The van der Waals surface area contributed by atoms with Crippen molar-refractivity contribution in [3.63, 3.8) is 0 Å². The molecule has 1 aliphatic heterocycles. The third-order valence-corrected chi connectivity index (χ3v) is 6.40. The molecule has 0 spiro atoms. The maximum absolute atomic E-state index is 10.3. The van der Waals surface area contributed by atoms with Crippen molar-refractivity contribution < 1.29 is 9.52 Å². The van der Waals surface area contributed by atoms with Gasteiger partial charge in [-0.3, -0.25) is 4.90 Å². The first-order valence-electron chi connectivity index (χ1n) is 8.69. The van der Waals surface area contributed by atoms with Crippen molar-refractivity contribution in [3.05, 3.63) is 40.2 Å². The van der Waals surface area contributed by atoms with Crippen molar-refractivity contribution >= 4 is 11.3 Å². The van der Waals surface area contributed by atoms with E-state index in [2.05, 4.69) is 16.1 Å². The van der Waals surface area contributed by atoms with Crippen LogP contribution in [0.2, 0.25) is 0 Å². The Labute approximate surface area is 141 Å². The van der Waals surface area contributed by atoms with Crippen molar-refractivity contribution in [2.24, 2.45) is 0 Å². The lowest BCUT2D eigenvalue weighted by molar-refractivity contribution is 0.0998. The summed E-state index contributed by atoms with van der Waals surface area (Å²) in [5, 5.41) is 11.7. The number of hydrogen-bond donors (Lipinski definition) is 1. The molecular formula is C18H24N2O2S. The molecule has 2 aromatic rings. The number of aromatic nitrogens is 1. The number of likely N-dealkylation sites (tertiary alicyclic amines) is 1. The SMILES string of the molecule is OC(CC1CCCN1Cc1cnc(C2CCC2)s1)c1ccco1. The molecular weight excluding hydrogens is 308 g/mol. The molecule has 1 N–H and O–H groups in total. The molecule has 5 heteroatoms. The molecule has 0 amide bonds. The molecule has 0 bridgehead atoms. The third-order valence-electron chi connectivity index (χ3n) is 5.25. The molecule has 1 saturated carbocycles. The van der Waals surface area contributed by atoms with Crippen LogP contribution in [0.25, 0.3) is 0 Å². The van der Waals surface area contributed by atoms with E-state index in [0.29, 0.717) is 11.8 Å². The van der Waals surface area contributed by atoms with Gasteiger partial charge in [-0.05, 0) is 50.8 Å². The van der Waals surface area contributed by atoms with Gasteiger partial charge in [0.1, 0.15) is 11.9 Å². The fraction of sp³-hybridized carbons (Fsp3) is 0.611. The van der Waals surface area contributed by atoms with Gasteiger partial charge in [0.25, 0.3) is 0 Å². The number of aliphatic hydroxyl groups excluding tert-OH is 1. The van der Waals surface area contributed by atoms with Crippen LogP contribution in [-0.4, -0.2) is 27.6 Å². The van der Waals surface area contributed by atoms with Gasteiger partial charge in [0.2, 0.25) is 0 Å². The normalized spacial score (nSPS) is 24.0. The Morgan fingerprint density at radius 2 is 2.26 bits per heavy atom. The monoisotopic (exact) mass is 332 g/mol. The molecule has 1 aliphatic carbocycles. The Hall–Kier alpha value is -1.17. The van der Waals surface area contributed by atoms with E-state index in [4.69, 9.17) is 4.42 Å². The summed E-state index contributed by atoms with van der Waals surface area (Å²) >= 11 is 1.89. The summed E-state index contributed by atoms with van der Waals surface area (Å²) in [4.78, 5) is 8.51. The van der Waals surface area contributed by atoms with Crippen LogP contribution in [0.15, 0.2) is 29.0 Å². The predicted molar refractivity (Wildman–Crippen MR) is 90.4 cm³/mol. The van der Waals surface area contributed by atoms with Gasteiger partial charge in [0.15, 0.2) is 0 Å². The van der Waals surface area contributed by atoms with Crippen molar-refractivity contribution in [1.82, 2.24) is 9.88 Å². The van der Waals surface area contributed by atoms with Crippen molar-refractivity contribution in [3.8, 4) is 0 Å². The topological polar surface area (TPSA) is 49.5 Å². The highest BCUT2D eigenvalue weighted by Crippen LogP contribution is 2.38. The second kappa shape index (κ2) is 6.75. The van der Waals surface area contributed by atoms with E-state index in [1.54, 1.807) is 6.26 Å². The standard InChI is InChI=1S/C18H24N2O2S/c21-16(17-7-3-9-22-17)10-14-6-2-8-20(14)12-15-11-19-18(23-15)13-4-1-5-13/h3,7,9,11,13-14,16,21H,1-2,4-6,8,10,12H2. The van der Waals surface area contributed by atoms with Crippen molar-refractivity contribution in [2.75, 3.05) is 6.54 Å². The van der Waals surface area contributed by atoms with E-state index in [0.717, 1.165) is 31.8 Å². The van der Waals surface area contributed by atoms with Crippen LogP contribution in [0.4, 0.5) is 0 Å². The van der Waals surface area contributed by atoms with Crippen molar-refractivity contribution in [1.29, 1.82) is 0 Å². The van der Waals surface area contributed by atoms with Crippen LogP contribution in [-0.2, 0) is 6.54 Å². The van der Waals surface area contributed by atoms with E-state index < -0.39 is 6.10 Å². The van der Waals surface area contributed by atoms with E-state index in [-0.39, 0.29) is 0 Å². The Kier molecular flexibility index (Phi) is 4.51. The molecule has 4 nitrogen and oxygen atoms in total. The van der Waals surface area contributed by atoms with Crippen LogP contribution in [0.3, 0.4) is 0 Å². The summed E-state index contributed by atoms with van der Waals surface area (Å²) in [6.07, 6.45) is 10.3. The quantitative estimate of drug-likeness (QED) is 0.865. The molecule has 124 valence electrons. The zero-order valence-corrected chi connectivity index (χ0v) is 14.2. The second-order valence-corrected chi connectivity index (χ2v) is 7.97. The van der Waals surface area contributed by atoms with Gasteiger partial charge in [-0.15, -0.1) is 11.3 Å². The highest BCUT2D eigenvalue weighted by atomic mass is 32.1. The summed E-state index contributed by atoms with van der Waals surface area (Å²) in [6.45, 7) is 2.09. The third kappa shape index (κ3) is 3.37. The number of thiazole rings is 1. The van der Waals surface area contributed by atoms with Crippen LogP contribution in [0.5, 0.6) is 0 Å². The maximum Gasteiger partial charge on any atom is 0.132 e. The first-order valence-corrected chi connectivity index (χ1v) is 9.51. The molecule has 2 atom stereocenters. The minimum Gasteiger partial charge on any atom is -0.467 e. The minimum atomic E-state index is -0.498. The molecule has 0 radical (unpaired) electrons. The molecule has 2 fully saturated rings. The number of furan rings is 1. The lowest BCUT2D eigenvalue weighted by Gasteiger charge is -2.25. The second-order valence-electron chi connectivity index (χ2n) is 6.83. The largest absolute Gasteiger partial charge is 0.467 e. The highest BCUT2D eigenvalue weighted by Gasteiger charge is 2.29. The number of rotatable bonds is 6. The average Bonchev–Trinajstić information content (AvgIpc) is 3.20. The minimum absolute atomic E-state index is 0.435. The fourth-order valence-electron chi connectivity index (χ4n) is 3.66. The van der Waals surface area contributed by atoms with Crippen LogP contribution < -0.4 is 0 Å².